The maximum Gasteiger partial charge on any atom is 0.270 e. The van der Waals surface area contributed by atoms with Gasteiger partial charge in [-0.15, -0.1) is 0 Å². The maximum atomic E-state index is 13.0. The Morgan fingerprint density at radius 3 is 2.97 bits per heavy atom. The third-order valence-electron chi connectivity index (χ3n) is 5.85. The van der Waals surface area contributed by atoms with Crippen LogP contribution in [0.15, 0.2) is 24.4 Å². The Hall–Kier alpha value is -2.02. The summed E-state index contributed by atoms with van der Waals surface area (Å²) in [4.78, 5) is 21.9. The van der Waals surface area contributed by atoms with Gasteiger partial charge in [0.2, 0.25) is 0 Å². The van der Waals surface area contributed by atoms with Crippen molar-refractivity contribution in [1.82, 2.24) is 15.3 Å². The largest absolute Gasteiger partial charge is 0.391 e. The highest BCUT2D eigenvalue weighted by Crippen LogP contribution is 2.26. The molecule has 2 aromatic heterocycles. The molecule has 3 heterocycles. The van der Waals surface area contributed by atoms with Gasteiger partial charge in [-0.25, -0.2) is 9.97 Å². The van der Waals surface area contributed by atoms with Crippen molar-refractivity contribution < 1.29 is 14.6 Å². The van der Waals surface area contributed by atoms with Gasteiger partial charge in [-0.1, -0.05) is 17.7 Å². The highest BCUT2D eigenvalue weighted by atomic mass is 35.5. The van der Waals surface area contributed by atoms with Crippen molar-refractivity contribution in [3.63, 3.8) is 0 Å². The molecular formula is C23H28ClN3O3. The monoisotopic (exact) mass is 429 g/mol. The molecule has 0 bridgehead atoms. The van der Waals surface area contributed by atoms with Crippen molar-refractivity contribution in [3.8, 4) is 0 Å². The first-order valence-electron chi connectivity index (χ1n) is 10.8. The summed E-state index contributed by atoms with van der Waals surface area (Å²) in [5.74, 6) is -0.169. The molecule has 160 valence electrons. The molecule has 0 aromatic carbocycles. The molecule has 1 amide bonds. The lowest BCUT2D eigenvalue weighted by atomic mass is 9.89. The summed E-state index contributed by atoms with van der Waals surface area (Å²) in [5.41, 5.74) is 4.97. The van der Waals surface area contributed by atoms with E-state index in [1.54, 1.807) is 12.3 Å². The van der Waals surface area contributed by atoms with Crippen LogP contribution in [0.1, 0.15) is 65.0 Å². The number of rotatable bonds is 4. The molecule has 2 atom stereocenters. The molecule has 1 saturated heterocycles. The second-order valence-corrected chi connectivity index (χ2v) is 8.63. The molecule has 1 unspecified atom stereocenters. The fourth-order valence-electron chi connectivity index (χ4n) is 4.35. The Bertz CT molecular complexity index is 888. The van der Waals surface area contributed by atoms with Gasteiger partial charge in [0, 0.05) is 24.5 Å². The number of ether oxygens (including phenoxy) is 1. The van der Waals surface area contributed by atoms with Gasteiger partial charge >= 0.3 is 0 Å². The number of halogens is 1. The van der Waals surface area contributed by atoms with Crippen molar-refractivity contribution in [2.75, 3.05) is 13.2 Å². The first-order chi connectivity index (χ1) is 14.6. The summed E-state index contributed by atoms with van der Waals surface area (Å²) < 4.78 is 5.38. The van der Waals surface area contributed by atoms with E-state index in [0.717, 1.165) is 55.3 Å². The molecule has 1 fully saturated rings. The molecule has 1 aliphatic heterocycles. The van der Waals surface area contributed by atoms with Crippen LogP contribution in [0.25, 0.3) is 0 Å². The Morgan fingerprint density at radius 2 is 2.13 bits per heavy atom. The van der Waals surface area contributed by atoms with Gasteiger partial charge in [-0.05, 0) is 80.2 Å². The minimum atomic E-state index is -0.556. The molecule has 4 rings (SSSR count). The number of hydrogen-bond acceptors (Lipinski definition) is 5. The van der Waals surface area contributed by atoms with E-state index < -0.39 is 6.10 Å². The number of hydrogen-bond donors (Lipinski definition) is 2. The average Bonchev–Trinajstić information content (AvgIpc) is 2.73. The van der Waals surface area contributed by atoms with Gasteiger partial charge in [0.1, 0.15) is 10.8 Å². The van der Waals surface area contributed by atoms with E-state index in [1.807, 2.05) is 12.1 Å². The topological polar surface area (TPSA) is 84.3 Å². The minimum absolute atomic E-state index is 0.0712. The van der Waals surface area contributed by atoms with Crippen LogP contribution >= 0.6 is 11.6 Å². The first kappa shape index (κ1) is 21.2. The number of aliphatic hydroxyl groups excluding tert-OH is 1. The highest BCUT2D eigenvalue weighted by molar-refractivity contribution is 6.29. The van der Waals surface area contributed by atoms with E-state index in [2.05, 4.69) is 10.3 Å². The first-order valence-corrected chi connectivity index (χ1v) is 11.1. The van der Waals surface area contributed by atoms with Crippen molar-refractivity contribution in [1.29, 1.82) is 0 Å². The molecule has 0 spiro atoms. The Morgan fingerprint density at radius 1 is 1.27 bits per heavy atom. The van der Waals surface area contributed by atoms with Gasteiger partial charge in [0.25, 0.3) is 5.91 Å². The number of nitrogens with zero attached hydrogens (tertiary/aromatic N) is 2. The Kier molecular flexibility index (Phi) is 6.97. The minimum Gasteiger partial charge on any atom is -0.391 e. The molecule has 30 heavy (non-hydrogen) atoms. The quantitative estimate of drug-likeness (QED) is 0.729. The van der Waals surface area contributed by atoms with Crippen LogP contribution in [0, 0.1) is 0 Å². The third-order valence-corrected chi connectivity index (χ3v) is 6.08. The van der Waals surface area contributed by atoms with Crippen LogP contribution in [-0.4, -0.2) is 46.3 Å². The lowest BCUT2D eigenvalue weighted by Gasteiger charge is -2.25. The van der Waals surface area contributed by atoms with Gasteiger partial charge < -0.3 is 15.2 Å². The zero-order valence-corrected chi connectivity index (χ0v) is 17.8. The number of aromatic nitrogens is 2. The molecular weight excluding hydrogens is 402 g/mol. The van der Waals surface area contributed by atoms with Crippen LogP contribution in [0.4, 0.5) is 0 Å². The van der Waals surface area contributed by atoms with Crippen molar-refractivity contribution >= 4 is 17.5 Å². The SMILES string of the molecule is O=C(NC1CCCOC[C@H](O)C1)c1cc(Cc2ccc(Cl)nc2)c2c(n1)CCCC2. The molecule has 2 aliphatic rings. The normalized spacial score (nSPS) is 21.9. The molecule has 2 N–H and O–H groups in total. The van der Waals surface area contributed by atoms with Crippen LogP contribution in [-0.2, 0) is 24.0 Å². The smallest absolute Gasteiger partial charge is 0.270 e. The molecule has 6 nitrogen and oxygen atoms in total. The van der Waals surface area contributed by atoms with E-state index in [9.17, 15) is 9.90 Å². The second kappa shape index (κ2) is 9.86. The van der Waals surface area contributed by atoms with E-state index in [0.29, 0.717) is 36.9 Å². The number of carbonyl (C=O) groups is 1. The van der Waals surface area contributed by atoms with Crippen LogP contribution < -0.4 is 5.32 Å². The summed E-state index contributed by atoms with van der Waals surface area (Å²) >= 11 is 5.92. The Balaban J connectivity index is 1.56. The van der Waals surface area contributed by atoms with Gasteiger partial charge in [-0.3, -0.25) is 4.79 Å². The number of aliphatic hydroxyl groups is 1. The number of aryl methyl sites for hydroxylation is 1. The lowest BCUT2D eigenvalue weighted by Crippen LogP contribution is -2.40. The predicted molar refractivity (Wildman–Crippen MR) is 115 cm³/mol. The standard InChI is InChI=1S/C23H28ClN3O3/c24-22-8-7-15(13-25-22)10-16-11-21(27-20-6-2-1-5-19(16)20)23(29)26-17-4-3-9-30-14-18(28)12-17/h7-8,11,13,17-18,28H,1-6,9-10,12,14H2,(H,26,29)/t17?,18-/m1/s1. The van der Waals surface area contributed by atoms with E-state index in [-0.39, 0.29) is 11.9 Å². The van der Waals surface area contributed by atoms with Crippen molar-refractivity contribution in [2.45, 2.75) is 63.5 Å². The highest BCUT2D eigenvalue weighted by Gasteiger charge is 2.23. The van der Waals surface area contributed by atoms with Gasteiger partial charge in [0.15, 0.2) is 0 Å². The van der Waals surface area contributed by atoms with Crippen LogP contribution in [0.2, 0.25) is 5.15 Å². The van der Waals surface area contributed by atoms with Crippen molar-refractivity contribution in [2.24, 2.45) is 0 Å². The summed E-state index contributed by atoms with van der Waals surface area (Å²) in [6.07, 6.45) is 8.23. The lowest BCUT2D eigenvalue weighted by molar-refractivity contribution is 0.0128. The maximum absolute atomic E-state index is 13.0. The summed E-state index contributed by atoms with van der Waals surface area (Å²) in [6, 6.07) is 5.62. The molecule has 2 aromatic rings. The zero-order chi connectivity index (χ0) is 20.9. The van der Waals surface area contributed by atoms with Crippen LogP contribution in [0.5, 0.6) is 0 Å². The van der Waals surface area contributed by atoms with Gasteiger partial charge in [0.05, 0.1) is 12.7 Å². The second-order valence-electron chi connectivity index (χ2n) is 8.24. The van der Waals surface area contributed by atoms with E-state index >= 15 is 0 Å². The van der Waals surface area contributed by atoms with Crippen LogP contribution in [0.3, 0.4) is 0 Å². The summed E-state index contributed by atoms with van der Waals surface area (Å²) in [7, 11) is 0. The molecule has 0 saturated carbocycles. The number of pyridine rings is 2. The number of amides is 1. The summed E-state index contributed by atoms with van der Waals surface area (Å²) in [5, 5.41) is 13.6. The average molecular weight is 430 g/mol. The fourth-order valence-corrected chi connectivity index (χ4v) is 4.46. The number of nitrogens with one attached hydrogen (secondary N) is 1. The fraction of sp³-hybridized carbons (Fsp3) is 0.522. The number of fused-ring (bicyclic) bond motifs is 1. The molecule has 0 radical (unpaired) electrons. The third kappa shape index (κ3) is 5.36. The number of carbonyl (C=O) groups excluding carboxylic acids is 1. The zero-order valence-electron chi connectivity index (χ0n) is 17.1. The predicted octanol–water partition coefficient (Wildman–Crippen LogP) is 3.26. The van der Waals surface area contributed by atoms with Gasteiger partial charge in [-0.2, -0.15) is 0 Å². The van der Waals surface area contributed by atoms with E-state index in [4.69, 9.17) is 21.3 Å². The molecule has 7 heteroatoms. The van der Waals surface area contributed by atoms with E-state index in [1.165, 1.54) is 5.56 Å². The van der Waals surface area contributed by atoms with Crippen molar-refractivity contribution in [3.05, 3.63) is 57.6 Å². The molecule has 1 aliphatic carbocycles. The Labute approximate surface area is 182 Å². The summed E-state index contributed by atoms with van der Waals surface area (Å²) in [6.45, 7) is 0.933.